The number of aromatic nitrogens is 3. The van der Waals surface area contributed by atoms with Gasteiger partial charge in [-0.05, 0) is 48.9 Å². The van der Waals surface area contributed by atoms with Gasteiger partial charge >= 0.3 is 0 Å². The smallest absolute Gasteiger partial charge is 0.255 e. The van der Waals surface area contributed by atoms with Gasteiger partial charge in [0.15, 0.2) is 5.82 Å². The summed E-state index contributed by atoms with van der Waals surface area (Å²) in [5.41, 5.74) is 3.94. The molecule has 35 heavy (non-hydrogen) atoms. The maximum Gasteiger partial charge on any atom is 0.255 e. The van der Waals surface area contributed by atoms with E-state index in [4.69, 9.17) is 14.8 Å². The molecule has 0 saturated heterocycles. The highest BCUT2D eigenvalue weighted by molar-refractivity contribution is 6.06. The molecule has 0 spiro atoms. The summed E-state index contributed by atoms with van der Waals surface area (Å²) >= 11 is 0. The van der Waals surface area contributed by atoms with Crippen LogP contribution in [0.25, 0.3) is 11.4 Å². The number of allylic oxidation sites excluding steroid dienone is 1. The van der Waals surface area contributed by atoms with Gasteiger partial charge < -0.3 is 15.4 Å². The fourth-order valence-electron chi connectivity index (χ4n) is 4.16. The van der Waals surface area contributed by atoms with Gasteiger partial charge in [0.1, 0.15) is 11.8 Å². The summed E-state index contributed by atoms with van der Waals surface area (Å²) in [6, 6.07) is 25.5. The molecular weight excluding hydrogens is 440 g/mol. The Kier molecular flexibility index (Phi) is 5.73. The molecule has 4 aromatic rings. The highest BCUT2D eigenvalue weighted by Gasteiger charge is 2.34. The van der Waals surface area contributed by atoms with E-state index in [-0.39, 0.29) is 5.91 Å². The number of hydrogen-bond acceptors (Lipinski definition) is 6. The van der Waals surface area contributed by atoms with E-state index >= 15 is 0 Å². The van der Waals surface area contributed by atoms with Crippen molar-refractivity contribution in [3.8, 4) is 23.2 Å². The number of amides is 1. The second kappa shape index (κ2) is 9.15. The molecule has 1 aliphatic heterocycles. The normalized spacial score (nSPS) is 14.5. The van der Waals surface area contributed by atoms with Crippen molar-refractivity contribution in [2.75, 3.05) is 17.7 Å². The minimum Gasteiger partial charge on any atom is -0.496 e. The number of carbonyl (C=O) groups is 1. The van der Waals surface area contributed by atoms with Crippen molar-refractivity contribution in [3.63, 3.8) is 0 Å². The number of methoxy groups -OCH3 is 1. The highest BCUT2D eigenvalue weighted by atomic mass is 16.5. The number of para-hydroxylation sites is 2. The Hall–Kier alpha value is -4.90. The van der Waals surface area contributed by atoms with E-state index in [1.807, 2.05) is 73.7 Å². The Morgan fingerprint density at radius 3 is 2.49 bits per heavy atom. The third kappa shape index (κ3) is 4.11. The Labute approximate surface area is 202 Å². The molecule has 172 valence electrons. The first-order chi connectivity index (χ1) is 17.1. The summed E-state index contributed by atoms with van der Waals surface area (Å²) in [4.78, 5) is 18.2. The van der Waals surface area contributed by atoms with Gasteiger partial charge in [0.25, 0.3) is 5.91 Å². The van der Waals surface area contributed by atoms with Crippen LogP contribution in [0.2, 0.25) is 0 Å². The predicted molar refractivity (Wildman–Crippen MR) is 133 cm³/mol. The Morgan fingerprint density at radius 1 is 1.06 bits per heavy atom. The number of nitriles is 1. The fourth-order valence-corrected chi connectivity index (χ4v) is 4.16. The number of carbonyl (C=O) groups excluding carboxylic acids is 1. The molecule has 0 fully saturated rings. The average molecular weight is 463 g/mol. The van der Waals surface area contributed by atoms with E-state index in [0.717, 1.165) is 11.1 Å². The second-order valence-electron chi connectivity index (χ2n) is 8.02. The number of hydrogen-bond donors (Lipinski definition) is 2. The summed E-state index contributed by atoms with van der Waals surface area (Å²) in [5.74, 6) is 1.38. The Morgan fingerprint density at radius 2 is 1.77 bits per heavy atom. The summed E-state index contributed by atoms with van der Waals surface area (Å²) < 4.78 is 7.21. The van der Waals surface area contributed by atoms with Crippen LogP contribution in [0.15, 0.2) is 90.1 Å². The largest absolute Gasteiger partial charge is 0.496 e. The lowest BCUT2D eigenvalue weighted by molar-refractivity contribution is -0.113. The number of benzene rings is 3. The van der Waals surface area contributed by atoms with Crippen LogP contribution < -0.4 is 15.4 Å². The van der Waals surface area contributed by atoms with Gasteiger partial charge in [-0.15, -0.1) is 5.10 Å². The van der Waals surface area contributed by atoms with Crippen molar-refractivity contribution in [1.29, 1.82) is 5.26 Å². The Bertz CT molecular complexity index is 1470. The minimum absolute atomic E-state index is 0.254. The monoisotopic (exact) mass is 462 g/mol. The van der Waals surface area contributed by atoms with Crippen LogP contribution in [0.1, 0.15) is 24.1 Å². The van der Waals surface area contributed by atoms with Crippen LogP contribution in [0.3, 0.4) is 0 Å². The molecule has 1 aliphatic rings. The quantitative estimate of drug-likeness (QED) is 0.443. The summed E-state index contributed by atoms with van der Waals surface area (Å²) in [6.07, 6.45) is 0. The van der Waals surface area contributed by atoms with E-state index in [0.29, 0.717) is 40.0 Å². The highest BCUT2D eigenvalue weighted by Crippen LogP contribution is 2.38. The Balaban J connectivity index is 1.62. The van der Waals surface area contributed by atoms with Crippen LogP contribution in [-0.4, -0.2) is 27.8 Å². The first-order valence-electron chi connectivity index (χ1n) is 11.0. The molecule has 3 aromatic carbocycles. The van der Waals surface area contributed by atoms with Crippen molar-refractivity contribution in [3.05, 3.63) is 101 Å². The van der Waals surface area contributed by atoms with Crippen LogP contribution >= 0.6 is 0 Å². The number of fused-ring (bicyclic) bond motifs is 1. The number of rotatable bonds is 5. The molecule has 8 nitrogen and oxygen atoms in total. The fraction of sp³-hybridized carbons (Fsp3) is 0.111. The third-order valence-electron chi connectivity index (χ3n) is 5.83. The van der Waals surface area contributed by atoms with Crippen molar-refractivity contribution >= 4 is 17.5 Å². The van der Waals surface area contributed by atoms with E-state index in [1.165, 1.54) is 0 Å². The molecule has 2 heterocycles. The summed E-state index contributed by atoms with van der Waals surface area (Å²) in [6.45, 7) is 1.84. The molecule has 0 saturated carbocycles. The van der Waals surface area contributed by atoms with Crippen LogP contribution in [-0.2, 0) is 4.79 Å². The van der Waals surface area contributed by atoms with Gasteiger partial charge in [0.2, 0.25) is 5.95 Å². The molecule has 1 unspecified atom stereocenters. The van der Waals surface area contributed by atoms with E-state index < -0.39 is 6.04 Å². The van der Waals surface area contributed by atoms with Gasteiger partial charge in [-0.1, -0.05) is 42.5 Å². The van der Waals surface area contributed by atoms with Gasteiger partial charge in [-0.2, -0.15) is 10.2 Å². The zero-order valence-electron chi connectivity index (χ0n) is 19.2. The topological polar surface area (TPSA) is 105 Å². The maximum atomic E-state index is 13.5. The molecule has 1 aromatic heterocycles. The zero-order chi connectivity index (χ0) is 24.4. The van der Waals surface area contributed by atoms with Crippen molar-refractivity contribution in [2.24, 2.45) is 0 Å². The van der Waals surface area contributed by atoms with Crippen LogP contribution in [0, 0.1) is 11.3 Å². The SMILES string of the molecule is COc1ccccc1-c1nc2n(n1)C(c1ccc(C#N)cc1)C(C(=O)Nc1ccccc1)=C(C)N2. The lowest BCUT2D eigenvalue weighted by Crippen LogP contribution is -2.31. The molecular formula is C27H22N6O2. The number of nitrogens with one attached hydrogen (secondary N) is 2. The predicted octanol–water partition coefficient (Wildman–Crippen LogP) is 4.75. The standard InChI is InChI=1S/C27H22N6O2/c1-17-23(26(34)30-20-8-4-3-5-9-20)24(19-14-12-18(16-28)13-15-19)33-27(29-17)31-25(32-33)21-10-6-7-11-22(21)35-2/h3-15,24H,1-2H3,(H,30,34)(H,29,31,32). The molecule has 8 heteroatoms. The van der Waals surface area contributed by atoms with Gasteiger partial charge in [0, 0.05) is 11.4 Å². The molecule has 1 amide bonds. The van der Waals surface area contributed by atoms with Gasteiger partial charge in [0.05, 0.1) is 29.9 Å². The van der Waals surface area contributed by atoms with E-state index in [2.05, 4.69) is 16.7 Å². The van der Waals surface area contributed by atoms with Gasteiger partial charge in [-0.3, -0.25) is 4.79 Å². The minimum atomic E-state index is -0.557. The molecule has 0 radical (unpaired) electrons. The molecule has 1 atom stereocenters. The first kappa shape index (κ1) is 21.9. The zero-order valence-corrected chi connectivity index (χ0v) is 19.2. The van der Waals surface area contributed by atoms with Crippen LogP contribution in [0.5, 0.6) is 5.75 Å². The third-order valence-corrected chi connectivity index (χ3v) is 5.83. The summed E-state index contributed by atoms with van der Waals surface area (Å²) in [5, 5.41) is 20.3. The van der Waals surface area contributed by atoms with Gasteiger partial charge in [-0.25, -0.2) is 4.68 Å². The van der Waals surface area contributed by atoms with Crippen molar-refractivity contribution < 1.29 is 9.53 Å². The van der Waals surface area contributed by atoms with Crippen molar-refractivity contribution in [1.82, 2.24) is 14.8 Å². The number of nitrogens with zero attached hydrogens (tertiary/aromatic N) is 4. The molecule has 0 aliphatic carbocycles. The maximum absolute atomic E-state index is 13.5. The number of anilines is 2. The number of ether oxygens (including phenoxy) is 1. The first-order valence-corrected chi connectivity index (χ1v) is 11.0. The lowest BCUT2D eigenvalue weighted by Gasteiger charge is -2.28. The van der Waals surface area contributed by atoms with Crippen molar-refractivity contribution in [2.45, 2.75) is 13.0 Å². The molecule has 0 bridgehead atoms. The van der Waals surface area contributed by atoms with E-state index in [1.54, 1.807) is 23.9 Å². The average Bonchev–Trinajstić information content (AvgIpc) is 3.31. The molecule has 2 N–H and O–H groups in total. The summed E-state index contributed by atoms with van der Waals surface area (Å²) in [7, 11) is 1.60. The molecule has 5 rings (SSSR count). The second-order valence-corrected chi connectivity index (χ2v) is 8.02. The van der Waals surface area contributed by atoms with Crippen LogP contribution in [0.4, 0.5) is 11.6 Å². The lowest BCUT2D eigenvalue weighted by atomic mass is 9.94. The van der Waals surface area contributed by atoms with E-state index in [9.17, 15) is 10.1 Å².